The molecule has 0 fully saturated rings. The van der Waals surface area contributed by atoms with Gasteiger partial charge in [0.1, 0.15) is 0 Å². The Morgan fingerprint density at radius 3 is 2.19 bits per heavy atom. The second-order valence-corrected chi connectivity index (χ2v) is 5.65. The van der Waals surface area contributed by atoms with E-state index in [1.807, 2.05) is 0 Å². The highest BCUT2D eigenvalue weighted by Gasteiger charge is 2.04. The lowest BCUT2D eigenvalue weighted by atomic mass is 10.0. The van der Waals surface area contributed by atoms with Crippen LogP contribution in [0, 0.1) is 0 Å². The van der Waals surface area contributed by atoms with Gasteiger partial charge in [-0.1, -0.05) is 50.5 Å². The fourth-order valence-electron chi connectivity index (χ4n) is 2.14. The number of carboxylic acids is 1. The van der Waals surface area contributed by atoms with Crippen LogP contribution in [0.5, 0.6) is 0 Å². The van der Waals surface area contributed by atoms with Crippen LogP contribution in [0.2, 0.25) is 0 Å². The predicted octanol–water partition coefficient (Wildman–Crippen LogP) is 4.82. The molecule has 0 aromatic heterocycles. The average Bonchev–Trinajstić information content (AvgIpc) is 2.46. The molecule has 3 heteroatoms. The highest BCUT2D eigenvalue weighted by molar-refractivity contribution is 5.66. The average molecular weight is 295 g/mol. The molecule has 0 aliphatic carbocycles. The van der Waals surface area contributed by atoms with Gasteiger partial charge in [0.15, 0.2) is 0 Å². The van der Waals surface area contributed by atoms with E-state index in [1.165, 1.54) is 25.7 Å². The summed E-state index contributed by atoms with van der Waals surface area (Å²) in [4.78, 5) is 10.4. The fourth-order valence-corrected chi connectivity index (χ4v) is 2.14. The van der Waals surface area contributed by atoms with Crippen LogP contribution >= 0.6 is 0 Å². The first-order valence-electron chi connectivity index (χ1n) is 8.44. The van der Waals surface area contributed by atoms with Gasteiger partial charge in [-0.3, -0.25) is 4.79 Å². The molecule has 0 radical (unpaired) electrons. The highest BCUT2D eigenvalue weighted by Crippen LogP contribution is 2.07. The van der Waals surface area contributed by atoms with E-state index >= 15 is 0 Å². The van der Waals surface area contributed by atoms with Crippen molar-refractivity contribution in [3.05, 3.63) is 24.3 Å². The number of carboxylic acid groups (broad SMARTS) is 1. The molecule has 0 amide bonds. The molecule has 0 aliphatic rings. The summed E-state index contributed by atoms with van der Waals surface area (Å²) in [6, 6.07) is 0.0381. The number of rotatable bonds is 14. The monoisotopic (exact) mass is 295 g/mol. The number of hydrogen-bond acceptors (Lipinski definition) is 2. The minimum absolute atomic E-state index is 0.0381. The molecule has 0 aromatic carbocycles. The van der Waals surface area contributed by atoms with Crippen molar-refractivity contribution < 1.29 is 9.90 Å². The molecule has 0 rings (SSSR count). The van der Waals surface area contributed by atoms with Gasteiger partial charge in [0, 0.05) is 12.5 Å². The van der Waals surface area contributed by atoms with Crippen molar-refractivity contribution in [3.63, 3.8) is 0 Å². The van der Waals surface area contributed by atoms with Crippen molar-refractivity contribution in [3.8, 4) is 0 Å². The first-order chi connectivity index (χ1) is 10.2. The minimum Gasteiger partial charge on any atom is -0.481 e. The third-order valence-electron chi connectivity index (χ3n) is 3.50. The number of unbranched alkanes of at least 4 members (excludes halogenated alkanes) is 5. The summed E-state index contributed by atoms with van der Waals surface area (Å²) in [5.74, 6) is -0.754. The SMILES string of the molecule is CCCCC/C=C\C/C=C\CCCCC(N)CCC(=O)O. The van der Waals surface area contributed by atoms with Gasteiger partial charge in [0.2, 0.25) is 0 Å². The fraction of sp³-hybridized carbons (Fsp3) is 0.722. The van der Waals surface area contributed by atoms with Crippen LogP contribution in [-0.2, 0) is 4.79 Å². The van der Waals surface area contributed by atoms with Gasteiger partial charge in [-0.2, -0.15) is 0 Å². The zero-order chi connectivity index (χ0) is 15.8. The van der Waals surface area contributed by atoms with Gasteiger partial charge in [-0.25, -0.2) is 0 Å². The van der Waals surface area contributed by atoms with Crippen LogP contribution in [0.25, 0.3) is 0 Å². The van der Waals surface area contributed by atoms with Gasteiger partial charge >= 0.3 is 5.97 Å². The smallest absolute Gasteiger partial charge is 0.303 e. The van der Waals surface area contributed by atoms with Crippen molar-refractivity contribution in [2.24, 2.45) is 5.73 Å². The second-order valence-electron chi connectivity index (χ2n) is 5.65. The third-order valence-corrected chi connectivity index (χ3v) is 3.50. The van der Waals surface area contributed by atoms with Crippen LogP contribution in [0.1, 0.15) is 77.6 Å². The van der Waals surface area contributed by atoms with Crippen molar-refractivity contribution in [2.75, 3.05) is 0 Å². The third kappa shape index (κ3) is 16.9. The quantitative estimate of drug-likeness (QED) is 0.356. The molecular weight excluding hydrogens is 262 g/mol. The molecule has 3 N–H and O–H groups in total. The van der Waals surface area contributed by atoms with Crippen LogP contribution in [-0.4, -0.2) is 17.1 Å². The maximum atomic E-state index is 10.4. The van der Waals surface area contributed by atoms with Crippen LogP contribution in [0.15, 0.2) is 24.3 Å². The summed E-state index contributed by atoms with van der Waals surface area (Å²) in [7, 11) is 0. The first kappa shape index (κ1) is 19.9. The Kier molecular flexibility index (Phi) is 14.5. The number of allylic oxidation sites excluding steroid dienone is 4. The topological polar surface area (TPSA) is 63.3 Å². The molecule has 0 spiro atoms. The van der Waals surface area contributed by atoms with Gasteiger partial charge in [-0.15, -0.1) is 0 Å². The Balaban J connectivity index is 3.34. The Morgan fingerprint density at radius 2 is 1.62 bits per heavy atom. The van der Waals surface area contributed by atoms with E-state index in [9.17, 15) is 4.79 Å². The normalized spacial score (nSPS) is 13.2. The van der Waals surface area contributed by atoms with Crippen molar-refractivity contribution >= 4 is 5.97 Å². The number of carbonyl (C=O) groups is 1. The molecule has 1 atom stereocenters. The van der Waals surface area contributed by atoms with E-state index in [2.05, 4.69) is 31.2 Å². The molecule has 21 heavy (non-hydrogen) atoms. The lowest BCUT2D eigenvalue weighted by molar-refractivity contribution is -0.137. The van der Waals surface area contributed by atoms with Gasteiger partial charge in [-0.05, 0) is 44.9 Å². The summed E-state index contributed by atoms with van der Waals surface area (Å²) >= 11 is 0. The molecule has 0 saturated heterocycles. The Morgan fingerprint density at radius 1 is 1.00 bits per heavy atom. The van der Waals surface area contributed by atoms with E-state index in [4.69, 9.17) is 10.8 Å². The predicted molar refractivity (Wildman–Crippen MR) is 90.4 cm³/mol. The number of hydrogen-bond donors (Lipinski definition) is 2. The molecule has 0 heterocycles. The largest absolute Gasteiger partial charge is 0.481 e. The lowest BCUT2D eigenvalue weighted by Crippen LogP contribution is -2.20. The molecule has 3 nitrogen and oxygen atoms in total. The van der Waals surface area contributed by atoms with E-state index in [-0.39, 0.29) is 12.5 Å². The van der Waals surface area contributed by atoms with Crippen molar-refractivity contribution in [1.82, 2.24) is 0 Å². The van der Waals surface area contributed by atoms with Crippen molar-refractivity contribution in [2.45, 2.75) is 83.6 Å². The molecule has 0 aromatic rings. The van der Waals surface area contributed by atoms with E-state index in [1.54, 1.807) is 0 Å². The van der Waals surface area contributed by atoms with Gasteiger partial charge in [0.25, 0.3) is 0 Å². The zero-order valence-electron chi connectivity index (χ0n) is 13.6. The molecule has 0 saturated carbocycles. The second kappa shape index (κ2) is 15.3. The first-order valence-corrected chi connectivity index (χ1v) is 8.44. The standard InChI is InChI=1S/C18H33NO2/c1-2-3-4-5-6-7-8-9-10-11-12-13-14-17(19)15-16-18(20)21/h6-7,9-10,17H,2-5,8,11-16,19H2,1H3,(H,20,21)/b7-6-,10-9-. The number of aliphatic carboxylic acids is 1. The Labute approximate surface area is 130 Å². The summed E-state index contributed by atoms with van der Waals surface area (Å²) in [6.45, 7) is 2.23. The Bertz CT molecular complexity index is 298. The lowest BCUT2D eigenvalue weighted by Gasteiger charge is -2.08. The highest BCUT2D eigenvalue weighted by atomic mass is 16.4. The summed E-state index contributed by atoms with van der Waals surface area (Å²) in [5.41, 5.74) is 5.86. The van der Waals surface area contributed by atoms with E-state index in [0.717, 1.165) is 32.1 Å². The van der Waals surface area contributed by atoms with E-state index < -0.39 is 5.97 Å². The van der Waals surface area contributed by atoms with Gasteiger partial charge in [0.05, 0.1) is 0 Å². The van der Waals surface area contributed by atoms with Crippen molar-refractivity contribution in [1.29, 1.82) is 0 Å². The van der Waals surface area contributed by atoms with E-state index in [0.29, 0.717) is 6.42 Å². The summed E-state index contributed by atoms with van der Waals surface area (Å²) < 4.78 is 0. The maximum absolute atomic E-state index is 10.4. The zero-order valence-corrected chi connectivity index (χ0v) is 13.6. The Hall–Kier alpha value is -1.09. The molecule has 1 unspecified atom stereocenters. The molecule has 0 aliphatic heterocycles. The number of nitrogens with two attached hydrogens (primary N) is 1. The summed E-state index contributed by atoms with van der Waals surface area (Å²) in [6.07, 6.45) is 20.2. The molecule has 122 valence electrons. The van der Waals surface area contributed by atoms with Crippen LogP contribution < -0.4 is 5.73 Å². The van der Waals surface area contributed by atoms with Crippen LogP contribution in [0.4, 0.5) is 0 Å². The minimum atomic E-state index is -0.754. The molecule has 0 bridgehead atoms. The summed E-state index contributed by atoms with van der Waals surface area (Å²) in [5, 5.41) is 8.56. The maximum Gasteiger partial charge on any atom is 0.303 e. The van der Waals surface area contributed by atoms with Crippen LogP contribution in [0.3, 0.4) is 0 Å². The van der Waals surface area contributed by atoms with Gasteiger partial charge < -0.3 is 10.8 Å². The molecular formula is C18H33NO2.